The van der Waals surface area contributed by atoms with E-state index < -0.39 is 11.6 Å². The molecule has 1 fully saturated rings. The van der Waals surface area contributed by atoms with Gasteiger partial charge in [-0.3, -0.25) is 4.79 Å². The van der Waals surface area contributed by atoms with Gasteiger partial charge in [-0.25, -0.2) is 4.39 Å². The van der Waals surface area contributed by atoms with Crippen molar-refractivity contribution < 1.29 is 9.18 Å². The van der Waals surface area contributed by atoms with Crippen LogP contribution >= 0.6 is 0 Å². The molecule has 0 aromatic rings. The van der Waals surface area contributed by atoms with Gasteiger partial charge in [0, 0.05) is 12.6 Å². The molecule has 1 aliphatic rings. The molecule has 0 bridgehead atoms. The maximum Gasteiger partial charge on any atom is 0.259 e. The normalized spacial score (nSPS) is 28.9. The summed E-state index contributed by atoms with van der Waals surface area (Å²) in [4.78, 5) is 11.4. The van der Waals surface area contributed by atoms with Crippen LogP contribution in [0.5, 0.6) is 0 Å². The monoisotopic (exact) mass is 188 g/mol. The maximum absolute atomic E-state index is 13.9. The van der Waals surface area contributed by atoms with Crippen molar-refractivity contribution in [1.29, 1.82) is 0 Å². The van der Waals surface area contributed by atoms with Crippen molar-refractivity contribution in [2.45, 2.75) is 38.4 Å². The Bertz CT molecular complexity index is 188. The van der Waals surface area contributed by atoms with Crippen LogP contribution in [-0.2, 0) is 4.79 Å². The summed E-state index contributed by atoms with van der Waals surface area (Å²) < 4.78 is 13.9. The molecule has 4 heteroatoms. The molecule has 0 saturated carbocycles. The lowest BCUT2D eigenvalue weighted by Gasteiger charge is -2.29. The number of carbonyl (C=O) groups excluding carboxylic acids is 1. The quantitative estimate of drug-likeness (QED) is 0.666. The van der Waals surface area contributed by atoms with Crippen molar-refractivity contribution >= 4 is 5.91 Å². The molecule has 1 heterocycles. The third kappa shape index (κ3) is 2.66. The Labute approximate surface area is 78.1 Å². The van der Waals surface area contributed by atoms with Crippen LogP contribution in [0.15, 0.2) is 0 Å². The van der Waals surface area contributed by atoms with Gasteiger partial charge in [0.05, 0.1) is 0 Å². The van der Waals surface area contributed by atoms with E-state index in [-0.39, 0.29) is 12.6 Å². The molecule has 0 aromatic carbocycles. The van der Waals surface area contributed by atoms with Crippen molar-refractivity contribution in [3.8, 4) is 0 Å². The Hall–Kier alpha value is -0.640. The van der Waals surface area contributed by atoms with Gasteiger partial charge in [-0.05, 0) is 33.2 Å². The minimum Gasteiger partial charge on any atom is -0.351 e. The van der Waals surface area contributed by atoms with Gasteiger partial charge in [-0.2, -0.15) is 0 Å². The van der Waals surface area contributed by atoms with Crippen molar-refractivity contribution in [1.82, 2.24) is 10.6 Å². The third-order valence-electron chi connectivity index (χ3n) is 2.16. The van der Waals surface area contributed by atoms with E-state index in [0.29, 0.717) is 6.42 Å². The zero-order valence-corrected chi connectivity index (χ0v) is 8.19. The van der Waals surface area contributed by atoms with Crippen LogP contribution in [-0.4, -0.2) is 30.7 Å². The van der Waals surface area contributed by atoms with Crippen LogP contribution in [0, 0.1) is 0 Å². The molecule has 0 aliphatic carbocycles. The summed E-state index contributed by atoms with van der Waals surface area (Å²) in [6, 6.07) is 0.00190. The summed E-state index contributed by atoms with van der Waals surface area (Å²) in [6.45, 7) is 4.61. The molecule has 3 nitrogen and oxygen atoms in total. The summed E-state index contributed by atoms with van der Waals surface area (Å²) in [7, 11) is 0. The molecular weight excluding hydrogens is 171 g/mol. The lowest BCUT2D eigenvalue weighted by molar-refractivity contribution is -0.134. The zero-order chi connectivity index (χ0) is 9.90. The predicted molar refractivity (Wildman–Crippen MR) is 49.2 cm³/mol. The topological polar surface area (TPSA) is 41.1 Å². The summed E-state index contributed by atoms with van der Waals surface area (Å²) in [6.07, 6.45) is 1.06. The number of piperidine rings is 1. The number of nitrogens with one attached hydrogen (secondary N) is 2. The first-order valence-electron chi connectivity index (χ1n) is 4.75. The molecule has 0 radical (unpaired) electrons. The molecule has 1 unspecified atom stereocenters. The number of hydrogen-bond acceptors (Lipinski definition) is 2. The third-order valence-corrected chi connectivity index (χ3v) is 2.16. The Morgan fingerprint density at radius 3 is 2.77 bits per heavy atom. The standard InChI is InChI=1S/C9H17FN2O/c1-7(2)12-8(13)9(10)4-3-5-11-6-9/h7,11H,3-6H2,1-2H3,(H,12,13). The number of rotatable bonds is 2. The highest BCUT2D eigenvalue weighted by Crippen LogP contribution is 2.21. The van der Waals surface area contributed by atoms with E-state index in [4.69, 9.17) is 0 Å². The van der Waals surface area contributed by atoms with Crippen LogP contribution in [0.1, 0.15) is 26.7 Å². The molecule has 2 N–H and O–H groups in total. The van der Waals surface area contributed by atoms with E-state index in [1.54, 1.807) is 0 Å². The number of alkyl halides is 1. The Morgan fingerprint density at radius 2 is 2.31 bits per heavy atom. The molecule has 0 spiro atoms. The van der Waals surface area contributed by atoms with Gasteiger partial charge < -0.3 is 10.6 Å². The molecular formula is C9H17FN2O. The maximum atomic E-state index is 13.9. The van der Waals surface area contributed by atoms with E-state index in [9.17, 15) is 9.18 Å². The van der Waals surface area contributed by atoms with Gasteiger partial charge >= 0.3 is 0 Å². The summed E-state index contributed by atoms with van der Waals surface area (Å²) in [5.74, 6) is -0.477. The second kappa shape index (κ2) is 4.05. The highest BCUT2D eigenvalue weighted by molar-refractivity contribution is 5.85. The molecule has 1 atom stereocenters. The number of amides is 1. The molecule has 1 aliphatic heterocycles. The molecule has 13 heavy (non-hydrogen) atoms. The van der Waals surface area contributed by atoms with Crippen LogP contribution in [0.3, 0.4) is 0 Å². The van der Waals surface area contributed by atoms with Gasteiger partial charge in [-0.15, -0.1) is 0 Å². The predicted octanol–water partition coefficient (Wildman–Crippen LogP) is 0.603. The average Bonchev–Trinajstić information content (AvgIpc) is 2.04. The molecule has 1 saturated heterocycles. The van der Waals surface area contributed by atoms with Crippen molar-refractivity contribution in [3.63, 3.8) is 0 Å². The van der Waals surface area contributed by atoms with Crippen LogP contribution in [0.25, 0.3) is 0 Å². The number of carbonyl (C=O) groups is 1. The molecule has 1 rings (SSSR count). The van der Waals surface area contributed by atoms with Crippen molar-refractivity contribution in [3.05, 3.63) is 0 Å². The molecule has 0 aromatic heterocycles. The van der Waals surface area contributed by atoms with Gasteiger partial charge in [0.2, 0.25) is 5.67 Å². The lowest BCUT2D eigenvalue weighted by Crippen LogP contribution is -2.54. The summed E-state index contributed by atoms with van der Waals surface area (Å²) >= 11 is 0. The Kier molecular flexibility index (Phi) is 3.25. The Balaban J connectivity index is 2.51. The first-order chi connectivity index (χ1) is 6.04. The number of hydrogen-bond donors (Lipinski definition) is 2. The van der Waals surface area contributed by atoms with Crippen LogP contribution in [0.2, 0.25) is 0 Å². The second-order valence-corrected chi connectivity index (χ2v) is 3.87. The fourth-order valence-electron chi connectivity index (χ4n) is 1.45. The largest absolute Gasteiger partial charge is 0.351 e. The first kappa shape index (κ1) is 10.4. The highest BCUT2D eigenvalue weighted by atomic mass is 19.1. The lowest BCUT2D eigenvalue weighted by atomic mass is 9.95. The molecule has 1 amide bonds. The van der Waals surface area contributed by atoms with E-state index in [1.807, 2.05) is 13.8 Å². The highest BCUT2D eigenvalue weighted by Gasteiger charge is 2.39. The van der Waals surface area contributed by atoms with E-state index >= 15 is 0 Å². The van der Waals surface area contributed by atoms with E-state index in [0.717, 1.165) is 13.0 Å². The fraction of sp³-hybridized carbons (Fsp3) is 0.889. The second-order valence-electron chi connectivity index (χ2n) is 3.87. The summed E-state index contributed by atoms with van der Waals surface area (Å²) in [5.41, 5.74) is -1.69. The average molecular weight is 188 g/mol. The van der Waals surface area contributed by atoms with Crippen LogP contribution < -0.4 is 10.6 Å². The first-order valence-corrected chi connectivity index (χ1v) is 4.75. The zero-order valence-electron chi connectivity index (χ0n) is 8.19. The van der Waals surface area contributed by atoms with Gasteiger partial charge in [0.15, 0.2) is 0 Å². The fourth-order valence-corrected chi connectivity index (χ4v) is 1.45. The summed E-state index contributed by atoms with van der Waals surface area (Å²) in [5, 5.41) is 5.49. The van der Waals surface area contributed by atoms with Gasteiger partial charge in [0.1, 0.15) is 0 Å². The van der Waals surface area contributed by atoms with Crippen LogP contribution in [0.4, 0.5) is 4.39 Å². The van der Waals surface area contributed by atoms with Gasteiger partial charge in [-0.1, -0.05) is 0 Å². The SMILES string of the molecule is CC(C)NC(=O)C1(F)CCCNC1. The minimum absolute atomic E-state index is 0.00190. The smallest absolute Gasteiger partial charge is 0.259 e. The van der Waals surface area contributed by atoms with Crippen molar-refractivity contribution in [2.75, 3.05) is 13.1 Å². The van der Waals surface area contributed by atoms with Gasteiger partial charge in [0.25, 0.3) is 5.91 Å². The Morgan fingerprint density at radius 1 is 1.62 bits per heavy atom. The molecule has 76 valence electrons. The van der Waals surface area contributed by atoms with E-state index in [2.05, 4.69) is 10.6 Å². The minimum atomic E-state index is -1.69. The van der Waals surface area contributed by atoms with E-state index in [1.165, 1.54) is 0 Å². The number of halogens is 1. The van der Waals surface area contributed by atoms with Crippen molar-refractivity contribution in [2.24, 2.45) is 0 Å².